The Morgan fingerprint density at radius 1 is 1.33 bits per heavy atom. The first kappa shape index (κ1) is 17.3. The summed E-state index contributed by atoms with van der Waals surface area (Å²) in [6, 6.07) is 4.43. The van der Waals surface area contributed by atoms with Crippen LogP contribution in [0, 0.1) is 24.6 Å². The predicted octanol–water partition coefficient (Wildman–Crippen LogP) is 2.00. The summed E-state index contributed by atoms with van der Waals surface area (Å²) in [7, 11) is 0. The number of thioether (sulfide) groups is 1. The average Bonchev–Trinajstić information content (AvgIpc) is 3.30. The summed E-state index contributed by atoms with van der Waals surface area (Å²) in [5, 5.41) is 0. The van der Waals surface area contributed by atoms with E-state index in [2.05, 4.69) is 0 Å². The lowest BCUT2D eigenvalue weighted by molar-refractivity contribution is -0.140. The van der Waals surface area contributed by atoms with Crippen molar-refractivity contribution in [1.29, 1.82) is 0 Å². The van der Waals surface area contributed by atoms with E-state index < -0.39 is 17.4 Å². The van der Waals surface area contributed by atoms with Crippen molar-refractivity contribution < 1.29 is 18.7 Å². The zero-order valence-electron chi connectivity index (χ0n) is 15.1. The minimum Gasteiger partial charge on any atom is -0.360 e. The Balaban J connectivity index is 1.48. The van der Waals surface area contributed by atoms with Crippen molar-refractivity contribution in [2.24, 2.45) is 11.8 Å². The number of amides is 2. The number of hydrogen-bond donors (Lipinski definition) is 0. The number of nitrogens with zero attached hydrogens (tertiary/aromatic N) is 2. The highest BCUT2D eigenvalue weighted by Gasteiger charge is 2.67. The van der Waals surface area contributed by atoms with E-state index in [9.17, 15) is 14.0 Å². The highest BCUT2D eigenvalue weighted by molar-refractivity contribution is 7.99. The zero-order chi connectivity index (χ0) is 18.8. The fourth-order valence-corrected chi connectivity index (χ4v) is 5.80. The Morgan fingerprint density at radius 2 is 2.11 bits per heavy atom. The van der Waals surface area contributed by atoms with E-state index >= 15 is 0 Å². The van der Waals surface area contributed by atoms with Gasteiger partial charge in [-0.1, -0.05) is 12.2 Å². The van der Waals surface area contributed by atoms with Crippen molar-refractivity contribution in [1.82, 2.24) is 4.90 Å². The first-order valence-electron chi connectivity index (χ1n) is 9.31. The smallest absolute Gasteiger partial charge is 0.234 e. The maximum absolute atomic E-state index is 13.5. The van der Waals surface area contributed by atoms with Gasteiger partial charge in [-0.25, -0.2) is 4.39 Å². The summed E-state index contributed by atoms with van der Waals surface area (Å²) in [6.45, 7) is 3.62. The fourth-order valence-electron chi connectivity index (χ4n) is 4.90. The molecule has 4 heterocycles. The highest BCUT2D eigenvalue weighted by Crippen LogP contribution is 2.53. The summed E-state index contributed by atoms with van der Waals surface area (Å²) in [5.74, 6) is 0.517. The van der Waals surface area contributed by atoms with E-state index in [0.29, 0.717) is 17.8 Å². The van der Waals surface area contributed by atoms with Crippen molar-refractivity contribution in [2.75, 3.05) is 36.0 Å². The van der Waals surface area contributed by atoms with Crippen molar-refractivity contribution in [3.8, 4) is 0 Å². The number of anilines is 1. The Kier molecular flexibility index (Phi) is 3.88. The molecule has 0 aromatic heterocycles. The predicted molar refractivity (Wildman–Crippen MR) is 101 cm³/mol. The number of carbonyl (C=O) groups excluding carboxylic acids is 2. The molecule has 0 radical (unpaired) electrons. The molecule has 4 aliphatic rings. The summed E-state index contributed by atoms with van der Waals surface area (Å²) < 4.78 is 19.7. The van der Waals surface area contributed by atoms with Crippen LogP contribution >= 0.6 is 11.8 Å². The molecule has 27 heavy (non-hydrogen) atoms. The van der Waals surface area contributed by atoms with E-state index in [-0.39, 0.29) is 23.7 Å². The standard InChI is InChI=1S/C20H21FN2O3S/c1-12-10-13(21)2-3-14(12)23-11-20-5-4-15(26-20)16(17(20)19(23)25)18(24)22-6-8-27-9-7-22/h2-5,10,15-17H,6-9,11H2,1H3/t15-,16-,17-,20-/m0/s1. The molecule has 4 atom stereocenters. The number of benzene rings is 1. The Bertz CT molecular complexity index is 854. The molecule has 142 valence electrons. The van der Waals surface area contributed by atoms with Crippen LogP contribution < -0.4 is 4.90 Å². The van der Waals surface area contributed by atoms with Gasteiger partial charge in [0, 0.05) is 30.3 Å². The van der Waals surface area contributed by atoms with Crippen LogP contribution in [-0.2, 0) is 14.3 Å². The highest BCUT2D eigenvalue weighted by atomic mass is 32.2. The molecule has 0 aliphatic carbocycles. The van der Waals surface area contributed by atoms with Gasteiger partial charge in [-0.2, -0.15) is 11.8 Å². The van der Waals surface area contributed by atoms with E-state index in [1.54, 1.807) is 17.9 Å². The summed E-state index contributed by atoms with van der Waals surface area (Å²) in [6.07, 6.45) is 3.57. The van der Waals surface area contributed by atoms with Crippen molar-refractivity contribution >= 4 is 29.3 Å². The van der Waals surface area contributed by atoms with Crippen LogP contribution in [0.2, 0.25) is 0 Å². The molecule has 0 N–H and O–H groups in total. The van der Waals surface area contributed by atoms with Gasteiger partial charge < -0.3 is 14.5 Å². The summed E-state index contributed by atoms with van der Waals surface area (Å²) >= 11 is 1.85. The van der Waals surface area contributed by atoms with Gasteiger partial charge >= 0.3 is 0 Å². The van der Waals surface area contributed by atoms with Crippen molar-refractivity contribution in [3.05, 3.63) is 41.7 Å². The van der Waals surface area contributed by atoms with E-state index in [4.69, 9.17) is 4.74 Å². The Morgan fingerprint density at radius 3 is 2.85 bits per heavy atom. The maximum Gasteiger partial charge on any atom is 0.234 e. The molecule has 2 amide bonds. The normalized spacial score (nSPS) is 34.4. The largest absolute Gasteiger partial charge is 0.360 e. The molecule has 1 aromatic rings. The molecule has 1 spiro atoms. The third-order valence-electron chi connectivity index (χ3n) is 6.16. The maximum atomic E-state index is 13.5. The van der Waals surface area contributed by atoms with Crippen LogP contribution in [0.4, 0.5) is 10.1 Å². The third-order valence-corrected chi connectivity index (χ3v) is 7.10. The second-order valence-electron chi connectivity index (χ2n) is 7.69. The number of rotatable bonds is 2. The summed E-state index contributed by atoms with van der Waals surface area (Å²) in [4.78, 5) is 30.1. The van der Waals surface area contributed by atoms with E-state index in [1.807, 2.05) is 28.8 Å². The molecule has 4 aliphatic heterocycles. The molecule has 0 unspecified atom stereocenters. The first-order valence-corrected chi connectivity index (χ1v) is 10.5. The topological polar surface area (TPSA) is 49.9 Å². The van der Waals surface area contributed by atoms with Crippen LogP contribution in [0.1, 0.15) is 5.56 Å². The number of hydrogen-bond acceptors (Lipinski definition) is 4. The molecule has 0 saturated carbocycles. The number of carbonyl (C=O) groups is 2. The zero-order valence-corrected chi connectivity index (χ0v) is 15.9. The lowest BCUT2D eigenvalue weighted by Gasteiger charge is -2.32. The molecule has 1 aromatic carbocycles. The van der Waals surface area contributed by atoms with Gasteiger partial charge in [0.15, 0.2) is 0 Å². The van der Waals surface area contributed by atoms with Gasteiger partial charge in [0.1, 0.15) is 11.4 Å². The van der Waals surface area contributed by atoms with Gasteiger partial charge in [0.2, 0.25) is 11.8 Å². The Hall–Kier alpha value is -1.86. The van der Waals surface area contributed by atoms with Gasteiger partial charge in [-0.15, -0.1) is 0 Å². The van der Waals surface area contributed by atoms with Gasteiger partial charge in [-0.05, 0) is 30.7 Å². The molecule has 5 rings (SSSR count). The van der Waals surface area contributed by atoms with E-state index in [1.165, 1.54) is 12.1 Å². The van der Waals surface area contributed by atoms with Crippen LogP contribution in [0.15, 0.2) is 30.4 Å². The molecule has 7 heteroatoms. The Labute approximate surface area is 161 Å². The van der Waals surface area contributed by atoms with Gasteiger partial charge in [-0.3, -0.25) is 9.59 Å². The minimum absolute atomic E-state index is 0.0301. The lowest BCUT2D eigenvalue weighted by Crippen LogP contribution is -2.48. The molecular formula is C20H21FN2O3S. The van der Waals surface area contributed by atoms with Gasteiger partial charge in [0.05, 0.1) is 24.5 Å². The first-order chi connectivity index (χ1) is 13.0. The van der Waals surface area contributed by atoms with Gasteiger partial charge in [0.25, 0.3) is 0 Å². The minimum atomic E-state index is -0.743. The van der Waals surface area contributed by atoms with Crippen molar-refractivity contribution in [3.63, 3.8) is 0 Å². The van der Waals surface area contributed by atoms with Crippen LogP contribution in [0.5, 0.6) is 0 Å². The molecule has 3 saturated heterocycles. The molecular weight excluding hydrogens is 367 g/mol. The van der Waals surface area contributed by atoms with Crippen LogP contribution in [0.25, 0.3) is 0 Å². The molecule has 2 bridgehead atoms. The molecule has 3 fully saturated rings. The number of ether oxygens (including phenoxy) is 1. The number of fused-ring (bicyclic) bond motifs is 1. The number of aryl methyl sites for hydroxylation is 1. The van der Waals surface area contributed by atoms with Crippen LogP contribution in [-0.4, -0.2) is 59.6 Å². The monoisotopic (exact) mass is 388 g/mol. The van der Waals surface area contributed by atoms with E-state index in [0.717, 1.165) is 24.6 Å². The summed E-state index contributed by atoms with van der Waals surface area (Å²) in [5.41, 5.74) is 0.647. The second-order valence-corrected chi connectivity index (χ2v) is 8.92. The third kappa shape index (κ3) is 2.48. The number of halogens is 1. The lowest BCUT2D eigenvalue weighted by atomic mass is 9.76. The average molecular weight is 388 g/mol. The molecule has 5 nitrogen and oxygen atoms in total. The fraction of sp³-hybridized carbons (Fsp3) is 0.500. The SMILES string of the molecule is Cc1cc(F)ccc1N1C[C@]23C=C[C@H](O2)[C@H](C(=O)N2CCSCC2)[C@H]3C1=O. The second kappa shape index (κ2) is 6.07. The quantitative estimate of drug-likeness (QED) is 0.728. The van der Waals surface area contributed by atoms with Crippen LogP contribution in [0.3, 0.4) is 0 Å². The van der Waals surface area contributed by atoms with Crippen molar-refractivity contribution in [2.45, 2.75) is 18.6 Å².